The van der Waals surface area contributed by atoms with Crippen molar-refractivity contribution >= 4 is 27.3 Å². The van der Waals surface area contributed by atoms with Crippen molar-refractivity contribution in [3.63, 3.8) is 0 Å². The Morgan fingerprint density at radius 1 is 1.07 bits per heavy atom. The summed E-state index contributed by atoms with van der Waals surface area (Å²) in [5, 5.41) is 14.3. The van der Waals surface area contributed by atoms with E-state index >= 15 is 0 Å². The summed E-state index contributed by atoms with van der Waals surface area (Å²) in [4.78, 5) is 26.6. The predicted molar refractivity (Wildman–Crippen MR) is 113 cm³/mol. The lowest BCUT2D eigenvalue weighted by Crippen LogP contribution is -2.49. The molecule has 0 aliphatic carbocycles. The lowest BCUT2D eigenvalue weighted by atomic mass is 10.2. The zero-order valence-corrected chi connectivity index (χ0v) is 18.1. The molecule has 1 amide bonds. The van der Waals surface area contributed by atoms with E-state index < -0.39 is 14.9 Å². The van der Waals surface area contributed by atoms with Crippen molar-refractivity contribution in [2.45, 2.75) is 30.6 Å². The van der Waals surface area contributed by atoms with E-state index in [4.69, 9.17) is 0 Å². The van der Waals surface area contributed by atoms with Crippen LogP contribution in [0.25, 0.3) is 0 Å². The molecule has 2 heterocycles. The molecule has 10 nitrogen and oxygen atoms in total. The van der Waals surface area contributed by atoms with Gasteiger partial charge in [0.2, 0.25) is 15.9 Å². The van der Waals surface area contributed by atoms with E-state index in [0.717, 1.165) is 25.7 Å². The number of carbonyl (C=O) groups excluding carboxylic acids is 1. The van der Waals surface area contributed by atoms with Gasteiger partial charge in [-0.3, -0.25) is 19.8 Å². The highest BCUT2D eigenvalue weighted by Gasteiger charge is 2.30. The topological polar surface area (TPSA) is 116 Å². The Bertz CT molecular complexity index is 875. The van der Waals surface area contributed by atoms with Crippen molar-refractivity contribution in [3.05, 3.63) is 28.3 Å². The van der Waals surface area contributed by atoms with E-state index in [1.165, 1.54) is 22.5 Å². The standard InChI is InChI=1S/C19H29N5O5S/c1-20-19(25)15-21-10-12-22(13-11-21)17-7-6-16(14-18(17)24(26)27)30(28,29)23-8-4-2-3-5-9-23/h6-7,14H,2-5,8-13,15H2,1H3,(H,20,25). The Hall–Kier alpha value is -2.24. The third kappa shape index (κ3) is 5.08. The molecule has 2 saturated heterocycles. The van der Waals surface area contributed by atoms with Crippen LogP contribution in [-0.4, -0.2) is 81.3 Å². The molecule has 1 N–H and O–H groups in total. The molecule has 11 heteroatoms. The molecule has 1 aromatic carbocycles. The van der Waals surface area contributed by atoms with Crippen molar-refractivity contribution in [1.29, 1.82) is 0 Å². The van der Waals surface area contributed by atoms with Gasteiger partial charge in [-0.1, -0.05) is 12.8 Å². The summed E-state index contributed by atoms with van der Waals surface area (Å²) in [6.07, 6.45) is 3.60. The largest absolute Gasteiger partial charge is 0.363 e. The fraction of sp³-hybridized carbons (Fsp3) is 0.632. The van der Waals surface area contributed by atoms with Gasteiger partial charge in [0.25, 0.3) is 5.69 Å². The smallest absolute Gasteiger partial charge is 0.293 e. The number of anilines is 1. The van der Waals surface area contributed by atoms with Gasteiger partial charge in [-0.2, -0.15) is 4.31 Å². The van der Waals surface area contributed by atoms with Gasteiger partial charge in [-0.25, -0.2) is 8.42 Å². The summed E-state index contributed by atoms with van der Waals surface area (Å²) < 4.78 is 27.5. The monoisotopic (exact) mass is 439 g/mol. The second kappa shape index (κ2) is 9.71. The molecule has 0 saturated carbocycles. The third-order valence-corrected chi connectivity index (χ3v) is 7.60. The number of nitrogens with zero attached hydrogens (tertiary/aromatic N) is 4. The van der Waals surface area contributed by atoms with Crippen LogP contribution >= 0.6 is 0 Å². The second-order valence-electron chi connectivity index (χ2n) is 7.66. The molecule has 0 spiro atoms. The predicted octanol–water partition coefficient (Wildman–Crippen LogP) is 1.03. The van der Waals surface area contributed by atoms with E-state index in [9.17, 15) is 23.3 Å². The van der Waals surface area contributed by atoms with Crippen LogP contribution in [0.4, 0.5) is 11.4 Å². The average molecular weight is 440 g/mol. The molecule has 0 radical (unpaired) electrons. The highest BCUT2D eigenvalue weighted by atomic mass is 32.2. The Morgan fingerprint density at radius 3 is 2.27 bits per heavy atom. The minimum atomic E-state index is -3.76. The molecule has 166 valence electrons. The van der Waals surface area contributed by atoms with Gasteiger partial charge in [0.05, 0.1) is 16.4 Å². The molecule has 0 aromatic heterocycles. The summed E-state index contributed by atoms with van der Waals surface area (Å²) >= 11 is 0. The molecule has 2 aliphatic heterocycles. The minimum Gasteiger partial charge on any atom is -0.363 e. The van der Waals surface area contributed by atoms with Gasteiger partial charge in [-0.15, -0.1) is 0 Å². The number of amides is 1. The molecular weight excluding hydrogens is 410 g/mol. The molecule has 0 unspecified atom stereocenters. The van der Waals surface area contributed by atoms with Gasteiger partial charge in [0.15, 0.2) is 0 Å². The number of likely N-dealkylation sites (N-methyl/N-ethyl adjacent to an activating group) is 1. The summed E-state index contributed by atoms with van der Waals surface area (Å²) in [5.41, 5.74) is 0.208. The first kappa shape index (κ1) is 22.4. The first-order valence-electron chi connectivity index (χ1n) is 10.3. The van der Waals surface area contributed by atoms with Crippen LogP contribution in [0.5, 0.6) is 0 Å². The van der Waals surface area contributed by atoms with Crippen molar-refractivity contribution in [2.75, 3.05) is 57.8 Å². The van der Waals surface area contributed by atoms with E-state index in [2.05, 4.69) is 5.32 Å². The van der Waals surface area contributed by atoms with Crippen LogP contribution in [0, 0.1) is 10.1 Å². The average Bonchev–Trinajstić information content (AvgIpc) is 3.04. The maximum atomic E-state index is 13.0. The van der Waals surface area contributed by atoms with Crippen LogP contribution in [0.15, 0.2) is 23.1 Å². The quantitative estimate of drug-likeness (QED) is 0.520. The van der Waals surface area contributed by atoms with Crippen LogP contribution in [-0.2, 0) is 14.8 Å². The highest BCUT2D eigenvalue weighted by Crippen LogP contribution is 2.33. The van der Waals surface area contributed by atoms with Crippen molar-refractivity contribution < 1.29 is 18.1 Å². The number of nitro benzene ring substituents is 1. The number of rotatable bonds is 6. The molecule has 2 fully saturated rings. The van der Waals surface area contributed by atoms with Gasteiger partial charge >= 0.3 is 0 Å². The zero-order chi connectivity index (χ0) is 21.7. The Morgan fingerprint density at radius 2 is 1.70 bits per heavy atom. The number of piperazine rings is 1. The fourth-order valence-electron chi connectivity index (χ4n) is 3.94. The van der Waals surface area contributed by atoms with Crippen LogP contribution in [0.3, 0.4) is 0 Å². The lowest BCUT2D eigenvalue weighted by Gasteiger charge is -2.35. The SMILES string of the molecule is CNC(=O)CN1CCN(c2ccc(S(=O)(=O)N3CCCCCC3)cc2[N+](=O)[O-])CC1. The van der Waals surface area contributed by atoms with Crippen LogP contribution < -0.4 is 10.2 Å². The van der Waals surface area contributed by atoms with Gasteiger partial charge in [0, 0.05) is 52.4 Å². The number of carbonyl (C=O) groups is 1. The third-order valence-electron chi connectivity index (χ3n) is 5.71. The normalized spacial score (nSPS) is 19.3. The van der Waals surface area contributed by atoms with E-state index in [1.54, 1.807) is 7.05 Å². The zero-order valence-electron chi connectivity index (χ0n) is 17.2. The number of nitro groups is 1. The molecule has 0 bridgehead atoms. The summed E-state index contributed by atoms with van der Waals surface area (Å²) in [5.74, 6) is -0.0718. The van der Waals surface area contributed by atoms with Crippen molar-refractivity contribution in [1.82, 2.24) is 14.5 Å². The van der Waals surface area contributed by atoms with Crippen molar-refractivity contribution in [2.24, 2.45) is 0 Å². The summed E-state index contributed by atoms with van der Waals surface area (Å²) in [6, 6.07) is 4.20. The van der Waals surface area contributed by atoms with E-state index in [0.29, 0.717) is 51.5 Å². The van der Waals surface area contributed by atoms with E-state index in [1.807, 2.05) is 9.80 Å². The van der Waals surface area contributed by atoms with Gasteiger partial charge in [0.1, 0.15) is 5.69 Å². The molecule has 0 atom stereocenters. The lowest BCUT2D eigenvalue weighted by molar-refractivity contribution is -0.384. The van der Waals surface area contributed by atoms with Crippen LogP contribution in [0.2, 0.25) is 0 Å². The first-order chi connectivity index (χ1) is 14.3. The maximum absolute atomic E-state index is 13.0. The van der Waals surface area contributed by atoms with Crippen molar-refractivity contribution in [3.8, 4) is 0 Å². The fourth-order valence-corrected chi connectivity index (χ4v) is 5.48. The number of hydrogen-bond acceptors (Lipinski definition) is 7. The minimum absolute atomic E-state index is 0.0295. The Labute approximate surface area is 177 Å². The number of nitrogens with one attached hydrogen (secondary N) is 1. The molecule has 30 heavy (non-hydrogen) atoms. The second-order valence-corrected chi connectivity index (χ2v) is 9.60. The summed E-state index contributed by atoms with van der Waals surface area (Å²) in [6.45, 7) is 3.43. The molecular formula is C19H29N5O5S. The van der Waals surface area contributed by atoms with Gasteiger partial charge in [-0.05, 0) is 25.0 Å². The number of hydrogen-bond donors (Lipinski definition) is 1. The molecule has 1 aromatic rings. The summed E-state index contributed by atoms with van der Waals surface area (Å²) in [7, 11) is -2.17. The number of benzene rings is 1. The maximum Gasteiger partial charge on any atom is 0.293 e. The number of sulfonamides is 1. The van der Waals surface area contributed by atoms with Gasteiger partial charge < -0.3 is 10.2 Å². The Balaban J connectivity index is 1.79. The van der Waals surface area contributed by atoms with Crippen LogP contribution in [0.1, 0.15) is 25.7 Å². The highest BCUT2D eigenvalue weighted by molar-refractivity contribution is 7.89. The Kier molecular flexibility index (Phi) is 7.27. The molecule has 2 aliphatic rings. The van der Waals surface area contributed by atoms with E-state index in [-0.39, 0.29) is 16.5 Å². The molecule has 3 rings (SSSR count). The first-order valence-corrected chi connectivity index (χ1v) is 11.7.